The number of carbonyl (C=O) groups excluding carboxylic acids is 1. The van der Waals surface area contributed by atoms with Gasteiger partial charge in [-0.15, -0.1) is 11.3 Å². The number of aromatic nitrogens is 2. The van der Waals surface area contributed by atoms with Gasteiger partial charge in [-0.25, -0.2) is 4.98 Å². The minimum atomic E-state index is 0.0883. The molecule has 1 N–H and O–H groups in total. The Labute approximate surface area is 135 Å². The fourth-order valence-electron chi connectivity index (χ4n) is 2.97. The standard InChI is InChI=1S/C17H21N3OS/c1-12-4-2-3-5-15(12)20-16(21)10-14-11-22-17(19-14)13-6-8-18-9-7-13/h6-9,11-12,15H,2-5,10H2,1H3,(H,20,21). The molecule has 2 unspecified atom stereocenters. The van der Waals surface area contributed by atoms with Crippen LogP contribution in [0.2, 0.25) is 0 Å². The molecule has 0 spiro atoms. The van der Waals surface area contributed by atoms with Crippen molar-refractivity contribution in [2.45, 2.75) is 45.1 Å². The van der Waals surface area contributed by atoms with E-state index in [1.165, 1.54) is 19.3 Å². The Morgan fingerprint density at radius 2 is 2.09 bits per heavy atom. The van der Waals surface area contributed by atoms with Gasteiger partial charge in [-0.05, 0) is 30.9 Å². The molecule has 2 heterocycles. The maximum Gasteiger partial charge on any atom is 0.226 e. The number of amides is 1. The summed E-state index contributed by atoms with van der Waals surface area (Å²) in [6.45, 7) is 2.23. The molecule has 1 fully saturated rings. The highest BCUT2D eigenvalue weighted by Crippen LogP contribution is 2.25. The Kier molecular flexibility index (Phi) is 4.83. The molecule has 2 aromatic rings. The minimum Gasteiger partial charge on any atom is -0.353 e. The van der Waals surface area contributed by atoms with Gasteiger partial charge < -0.3 is 5.32 Å². The molecule has 4 nitrogen and oxygen atoms in total. The first-order chi connectivity index (χ1) is 10.7. The molecule has 3 rings (SSSR count). The normalized spacial score (nSPS) is 21.5. The fraction of sp³-hybridized carbons (Fsp3) is 0.471. The van der Waals surface area contributed by atoms with Gasteiger partial charge in [-0.2, -0.15) is 0 Å². The molecule has 1 aliphatic rings. The van der Waals surface area contributed by atoms with Gasteiger partial charge in [0.05, 0.1) is 12.1 Å². The lowest BCUT2D eigenvalue weighted by atomic mass is 9.86. The van der Waals surface area contributed by atoms with Crippen LogP contribution in [-0.4, -0.2) is 21.9 Å². The van der Waals surface area contributed by atoms with E-state index in [4.69, 9.17) is 0 Å². The molecule has 0 bridgehead atoms. The predicted molar refractivity (Wildman–Crippen MR) is 88.6 cm³/mol. The number of hydrogen-bond acceptors (Lipinski definition) is 4. The summed E-state index contributed by atoms with van der Waals surface area (Å²) >= 11 is 1.57. The van der Waals surface area contributed by atoms with E-state index in [-0.39, 0.29) is 5.91 Å². The molecule has 0 saturated heterocycles. The van der Waals surface area contributed by atoms with Crippen molar-refractivity contribution in [3.05, 3.63) is 35.6 Å². The van der Waals surface area contributed by atoms with Gasteiger partial charge in [-0.3, -0.25) is 9.78 Å². The third-order valence-electron chi connectivity index (χ3n) is 4.28. The third-order valence-corrected chi connectivity index (χ3v) is 5.22. The van der Waals surface area contributed by atoms with Crippen molar-refractivity contribution in [3.8, 4) is 10.6 Å². The maximum absolute atomic E-state index is 12.2. The van der Waals surface area contributed by atoms with Crippen LogP contribution in [0.5, 0.6) is 0 Å². The van der Waals surface area contributed by atoms with Crippen molar-refractivity contribution in [3.63, 3.8) is 0 Å². The van der Waals surface area contributed by atoms with Crippen LogP contribution in [0.25, 0.3) is 10.6 Å². The van der Waals surface area contributed by atoms with Crippen LogP contribution in [0.1, 0.15) is 38.3 Å². The quantitative estimate of drug-likeness (QED) is 0.940. The SMILES string of the molecule is CC1CCCCC1NC(=O)Cc1csc(-c2ccncc2)n1. The summed E-state index contributed by atoms with van der Waals surface area (Å²) in [4.78, 5) is 20.8. The van der Waals surface area contributed by atoms with Crippen molar-refractivity contribution in [1.29, 1.82) is 0 Å². The molecular weight excluding hydrogens is 294 g/mol. The van der Waals surface area contributed by atoms with E-state index < -0.39 is 0 Å². The second-order valence-electron chi connectivity index (χ2n) is 5.99. The molecule has 2 aromatic heterocycles. The zero-order chi connectivity index (χ0) is 15.4. The van der Waals surface area contributed by atoms with E-state index in [0.717, 1.165) is 22.7 Å². The highest BCUT2D eigenvalue weighted by atomic mass is 32.1. The summed E-state index contributed by atoms with van der Waals surface area (Å²) in [5.41, 5.74) is 1.89. The molecule has 22 heavy (non-hydrogen) atoms. The van der Waals surface area contributed by atoms with Crippen LogP contribution in [0.3, 0.4) is 0 Å². The van der Waals surface area contributed by atoms with Gasteiger partial charge in [0.2, 0.25) is 5.91 Å². The summed E-state index contributed by atoms with van der Waals surface area (Å²) in [5.74, 6) is 0.672. The third kappa shape index (κ3) is 3.71. The number of carbonyl (C=O) groups is 1. The smallest absolute Gasteiger partial charge is 0.226 e. The van der Waals surface area contributed by atoms with Gasteiger partial charge in [0.1, 0.15) is 5.01 Å². The number of rotatable bonds is 4. The predicted octanol–water partition coefficient (Wildman–Crippen LogP) is 3.44. The van der Waals surface area contributed by atoms with Crippen LogP contribution in [0.15, 0.2) is 29.9 Å². The summed E-state index contributed by atoms with van der Waals surface area (Å²) in [6, 6.07) is 4.21. The second kappa shape index (κ2) is 7.01. The second-order valence-corrected chi connectivity index (χ2v) is 6.85. The van der Waals surface area contributed by atoms with Gasteiger partial charge in [0, 0.05) is 29.4 Å². The van der Waals surface area contributed by atoms with Crippen LogP contribution >= 0.6 is 11.3 Å². The summed E-state index contributed by atoms with van der Waals surface area (Å²) in [7, 11) is 0. The van der Waals surface area contributed by atoms with Crippen molar-refractivity contribution in [1.82, 2.24) is 15.3 Å². The maximum atomic E-state index is 12.2. The Balaban J connectivity index is 1.59. The zero-order valence-corrected chi connectivity index (χ0v) is 13.6. The fourth-order valence-corrected chi connectivity index (χ4v) is 3.79. The average Bonchev–Trinajstić information content (AvgIpc) is 2.99. The summed E-state index contributed by atoms with van der Waals surface area (Å²) in [6.07, 6.45) is 8.71. The van der Waals surface area contributed by atoms with Crippen molar-refractivity contribution < 1.29 is 4.79 Å². The van der Waals surface area contributed by atoms with Gasteiger partial charge in [-0.1, -0.05) is 19.8 Å². The number of thiazole rings is 1. The highest BCUT2D eigenvalue weighted by molar-refractivity contribution is 7.13. The monoisotopic (exact) mass is 315 g/mol. The van der Waals surface area contributed by atoms with E-state index >= 15 is 0 Å². The first-order valence-electron chi connectivity index (χ1n) is 7.86. The van der Waals surface area contributed by atoms with Crippen LogP contribution in [0, 0.1) is 5.92 Å². The number of hydrogen-bond donors (Lipinski definition) is 1. The molecule has 2 atom stereocenters. The van der Waals surface area contributed by atoms with E-state index in [9.17, 15) is 4.79 Å². The number of nitrogens with zero attached hydrogens (tertiary/aromatic N) is 2. The first-order valence-corrected chi connectivity index (χ1v) is 8.74. The Hall–Kier alpha value is -1.75. The molecule has 116 valence electrons. The van der Waals surface area contributed by atoms with E-state index in [2.05, 4.69) is 22.2 Å². The van der Waals surface area contributed by atoms with E-state index in [1.54, 1.807) is 23.7 Å². The van der Waals surface area contributed by atoms with Crippen molar-refractivity contribution in [2.75, 3.05) is 0 Å². The van der Waals surface area contributed by atoms with E-state index in [1.807, 2.05) is 17.5 Å². The molecule has 1 amide bonds. The van der Waals surface area contributed by atoms with Crippen LogP contribution in [-0.2, 0) is 11.2 Å². The molecule has 0 aromatic carbocycles. The van der Waals surface area contributed by atoms with E-state index in [0.29, 0.717) is 18.4 Å². The minimum absolute atomic E-state index is 0.0883. The molecule has 0 radical (unpaired) electrons. The Morgan fingerprint density at radius 1 is 1.32 bits per heavy atom. The topological polar surface area (TPSA) is 54.9 Å². The lowest BCUT2D eigenvalue weighted by Crippen LogP contribution is -2.41. The summed E-state index contributed by atoms with van der Waals surface area (Å²) < 4.78 is 0. The molecule has 1 saturated carbocycles. The van der Waals surface area contributed by atoms with Crippen LogP contribution < -0.4 is 5.32 Å². The van der Waals surface area contributed by atoms with Crippen molar-refractivity contribution in [2.24, 2.45) is 5.92 Å². The van der Waals surface area contributed by atoms with Crippen molar-refractivity contribution >= 4 is 17.2 Å². The molecule has 0 aliphatic heterocycles. The summed E-state index contributed by atoms with van der Waals surface area (Å²) in [5, 5.41) is 6.09. The lowest BCUT2D eigenvalue weighted by Gasteiger charge is -2.29. The largest absolute Gasteiger partial charge is 0.353 e. The number of nitrogens with one attached hydrogen (secondary N) is 1. The Bertz CT molecular complexity index is 626. The Morgan fingerprint density at radius 3 is 2.86 bits per heavy atom. The zero-order valence-electron chi connectivity index (χ0n) is 12.8. The highest BCUT2D eigenvalue weighted by Gasteiger charge is 2.23. The number of pyridine rings is 1. The molecular formula is C17H21N3OS. The van der Waals surface area contributed by atoms with Gasteiger partial charge in [0.25, 0.3) is 0 Å². The average molecular weight is 315 g/mol. The van der Waals surface area contributed by atoms with Crippen LogP contribution in [0.4, 0.5) is 0 Å². The van der Waals surface area contributed by atoms with Gasteiger partial charge in [0.15, 0.2) is 0 Å². The molecule has 1 aliphatic carbocycles. The lowest BCUT2D eigenvalue weighted by molar-refractivity contribution is -0.121. The van der Waals surface area contributed by atoms with Gasteiger partial charge >= 0.3 is 0 Å². The first kappa shape index (κ1) is 15.2. The molecule has 5 heteroatoms.